The number of piperazine rings is 1. The lowest BCUT2D eigenvalue weighted by atomic mass is 9.86. The van der Waals surface area contributed by atoms with Crippen LogP contribution in [0, 0.1) is 11.7 Å². The van der Waals surface area contributed by atoms with E-state index in [1.807, 2.05) is 0 Å². The van der Waals surface area contributed by atoms with Gasteiger partial charge in [0.1, 0.15) is 6.04 Å². The minimum absolute atomic E-state index is 0.0526. The monoisotopic (exact) mass is 541 g/mol. The first-order valence-electron chi connectivity index (χ1n) is 14.8. The number of anilines is 1. The van der Waals surface area contributed by atoms with E-state index in [0.717, 1.165) is 57.8 Å². The highest BCUT2D eigenvalue weighted by molar-refractivity contribution is 6.05. The van der Waals surface area contributed by atoms with Crippen LogP contribution >= 0.6 is 0 Å². The summed E-state index contributed by atoms with van der Waals surface area (Å²) in [7, 11) is 0. The molecule has 9 nitrogen and oxygen atoms in total. The van der Waals surface area contributed by atoms with Crippen LogP contribution in [0.3, 0.4) is 0 Å². The smallest absolute Gasteiger partial charge is 0.255 e. The van der Waals surface area contributed by atoms with Gasteiger partial charge in [0.2, 0.25) is 11.8 Å². The second-order valence-corrected chi connectivity index (χ2v) is 11.8. The Morgan fingerprint density at radius 3 is 2.33 bits per heavy atom. The van der Waals surface area contributed by atoms with Crippen molar-refractivity contribution in [3.8, 4) is 0 Å². The molecule has 0 spiro atoms. The molecule has 6 rings (SSSR count). The standard InChI is InChI=1S/C29H40FN5O4/c30-27-23-18-35(25-7-8-26(36)32-28(25)37)29(38)22(23)5-6-24(27)34-13-9-21(10-14-34)39-20-3-1-19(2-4-20)17-33-15-11-31-12-16-33/h5-6,19-21,25,31H,1-4,7-18H2,(H,32,36,37)/t19-,20-,25?. The van der Waals surface area contributed by atoms with Crippen LogP contribution in [-0.2, 0) is 20.9 Å². The molecule has 212 valence electrons. The molecule has 4 heterocycles. The van der Waals surface area contributed by atoms with Crippen LogP contribution in [0.4, 0.5) is 10.1 Å². The van der Waals surface area contributed by atoms with Crippen molar-refractivity contribution in [3.63, 3.8) is 0 Å². The lowest BCUT2D eigenvalue weighted by molar-refractivity contribution is -0.136. The van der Waals surface area contributed by atoms with Gasteiger partial charge in [0.25, 0.3) is 5.91 Å². The normalized spacial score (nSPS) is 29.1. The number of hydrogen-bond donors (Lipinski definition) is 2. The Morgan fingerprint density at radius 1 is 0.897 bits per heavy atom. The number of nitrogens with zero attached hydrogens (tertiary/aromatic N) is 3. The van der Waals surface area contributed by atoms with Crippen LogP contribution in [0.2, 0.25) is 0 Å². The van der Waals surface area contributed by atoms with Crippen molar-refractivity contribution >= 4 is 23.4 Å². The van der Waals surface area contributed by atoms with Crippen LogP contribution in [0.25, 0.3) is 0 Å². The molecule has 0 radical (unpaired) electrons. The molecular formula is C29H40FN5O4. The van der Waals surface area contributed by atoms with E-state index < -0.39 is 11.9 Å². The number of halogens is 1. The molecule has 3 saturated heterocycles. The van der Waals surface area contributed by atoms with Gasteiger partial charge in [0.05, 0.1) is 24.4 Å². The lowest BCUT2D eigenvalue weighted by Gasteiger charge is -2.38. The molecular weight excluding hydrogens is 501 g/mol. The highest BCUT2D eigenvalue weighted by atomic mass is 19.1. The Bertz CT molecular complexity index is 1090. The summed E-state index contributed by atoms with van der Waals surface area (Å²) in [5.74, 6) is -0.759. The number of fused-ring (bicyclic) bond motifs is 1. The van der Waals surface area contributed by atoms with Crippen LogP contribution in [0.5, 0.6) is 0 Å². The summed E-state index contributed by atoms with van der Waals surface area (Å²) in [5, 5.41) is 5.72. The zero-order valence-electron chi connectivity index (χ0n) is 22.6. The number of imide groups is 1. The zero-order chi connectivity index (χ0) is 26.9. The van der Waals surface area contributed by atoms with Crippen molar-refractivity contribution in [2.45, 2.75) is 76.2 Å². The topological polar surface area (TPSA) is 94.2 Å². The number of benzene rings is 1. The summed E-state index contributed by atoms with van der Waals surface area (Å²) in [5.41, 5.74) is 1.17. The van der Waals surface area contributed by atoms with E-state index in [2.05, 4.69) is 20.4 Å². The van der Waals surface area contributed by atoms with Crippen LogP contribution in [0.1, 0.15) is 67.3 Å². The highest BCUT2D eigenvalue weighted by Crippen LogP contribution is 2.35. The zero-order valence-corrected chi connectivity index (χ0v) is 22.6. The summed E-state index contributed by atoms with van der Waals surface area (Å²) >= 11 is 0. The number of amides is 3. The maximum absolute atomic E-state index is 15.7. The van der Waals surface area contributed by atoms with Crippen molar-refractivity contribution in [3.05, 3.63) is 29.1 Å². The van der Waals surface area contributed by atoms with Crippen molar-refractivity contribution in [2.75, 3.05) is 50.7 Å². The van der Waals surface area contributed by atoms with Crippen molar-refractivity contribution in [1.29, 1.82) is 0 Å². The van der Waals surface area contributed by atoms with Crippen LogP contribution in [-0.4, -0.2) is 91.6 Å². The third-order valence-corrected chi connectivity index (χ3v) is 9.32. The van der Waals surface area contributed by atoms with Gasteiger partial charge in [-0.05, 0) is 63.0 Å². The molecule has 10 heteroatoms. The summed E-state index contributed by atoms with van der Waals surface area (Å²) in [6.07, 6.45) is 7.45. The maximum atomic E-state index is 15.7. The first kappa shape index (κ1) is 26.7. The van der Waals surface area contributed by atoms with E-state index in [1.54, 1.807) is 12.1 Å². The first-order valence-corrected chi connectivity index (χ1v) is 14.8. The Hall–Kier alpha value is -2.56. The summed E-state index contributed by atoms with van der Waals surface area (Å²) in [6, 6.07) is 2.64. The minimum Gasteiger partial charge on any atom is -0.375 e. The number of ether oxygens (including phenoxy) is 1. The van der Waals surface area contributed by atoms with Crippen LogP contribution < -0.4 is 15.5 Å². The molecule has 1 aliphatic carbocycles. The van der Waals surface area contributed by atoms with Gasteiger partial charge in [-0.1, -0.05) is 0 Å². The molecule has 0 bridgehead atoms. The molecule has 5 aliphatic rings. The molecule has 1 unspecified atom stereocenters. The molecule has 1 saturated carbocycles. The van der Waals surface area contributed by atoms with Gasteiger partial charge in [0.15, 0.2) is 5.82 Å². The average molecular weight is 542 g/mol. The summed E-state index contributed by atoms with van der Waals surface area (Å²) in [4.78, 5) is 42.8. The number of carbonyl (C=O) groups is 3. The highest BCUT2D eigenvalue weighted by Gasteiger charge is 2.41. The Balaban J connectivity index is 0.997. The van der Waals surface area contributed by atoms with E-state index in [1.165, 1.54) is 24.3 Å². The van der Waals surface area contributed by atoms with E-state index in [-0.39, 0.29) is 43.1 Å². The quantitative estimate of drug-likeness (QED) is 0.533. The molecule has 2 N–H and O–H groups in total. The minimum atomic E-state index is -0.740. The predicted molar refractivity (Wildman–Crippen MR) is 144 cm³/mol. The fraction of sp³-hybridized carbons (Fsp3) is 0.690. The summed E-state index contributed by atoms with van der Waals surface area (Å²) < 4.78 is 22.2. The molecule has 3 amide bonds. The van der Waals surface area contributed by atoms with Gasteiger partial charge < -0.3 is 24.8 Å². The SMILES string of the molecule is O=C1CCC(N2Cc3c(ccc(N4CCC(O[C@H]5CC[C@H](CN6CCNCC6)CC5)CC4)c3F)C2=O)C(=O)N1. The summed E-state index contributed by atoms with van der Waals surface area (Å²) in [6.45, 7) is 7.22. The van der Waals surface area contributed by atoms with Crippen molar-refractivity contribution < 1.29 is 23.5 Å². The van der Waals surface area contributed by atoms with Crippen LogP contribution in [0.15, 0.2) is 12.1 Å². The lowest BCUT2D eigenvalue weighted by Crippen LogP contribution is -2.52. The third-order valence-electron chi connectivity index (χ3n) is 9.32. The average Bonchev–Trinajstić information content (AvgIpc) is 3.28. The fourth-order valence-corrected chi connectivity index (χ4v) is 7.05. The van der Waals surface area contributed by atoms with Crippen molar-refractivity contribution in [1.82, 2.24) is 20.4 Å². The number of piperidine rings is 2. The second-order valence-electron chi connectivity index (χ2n) is 11.8. The predicted octanol–water partition coefficient (Wildman–Crippen LogP) is 2.04. The van der Waals surface area contributed by atoms with Gasteiger partial charge in [-0.2, -0.15) is 0 Å². The molecule has 39 heavy (non-hydrogen) atoms. The second kappa shape index (κ2) is 11.5. The number of rotatable bonds is 6. The number of nitrogens with one attached hydrogen (secondary N) is 2. The van der Waals surface area contributed by atoms with E-state index >= 15 is 4.39 Å². The molecule has 4 aliphatic heterocycles. The van der Waals surface area contributed by atoms with Gasteiger partial charge in [0, 0.05) is 63.4 Å². The number of carbonyl (C=O) groups excluding carboxylic acids is 3. The van der Waals surface area contributed by atoms with Gasteiger partial charge in [-0.25, -0.2) is 4.39 Å². The molecule has 4 fully saturated rings. The fourth-order valence-electron chi connectivity index (χ4n) is 7.05. The molecule has 1 aromatic carbocycles. The third kappa shape index (κ3) is 5.69. The van der Waals surface area contributed by atoms with E-state index in [9.17, 15) is 14.4 Å². The van der Waals surface area contributed by atoms with E-state index in [0.29, 0.717) is 36.0 Å². The Morgan fingerprint density at radius 2 is 1.62 bits per heavy atom. The molecule has 1 aromatic rings. The Kier molecular flexibility index (Phi) is 7.86. The first-order chi connectivity index (χ1) is 19.0. The van der Waals surface area contributed by atoms with Crippen molar-refractivity contribution in [2.24, 2.45) is 5.92 Å². The Labute approximate surface area is 229 Å². The number of hydrogen-bond acceptors (Lipinski definition) is 7. The van der Waals surface area contributed by atoms with E-state index in [4.69, 9.17) is 4.74 Å². The van der Waals surface area contributed by atoms with Gasteiger partial charge in [-0.15, -0.1) is 0 Å². The molecule has 0 aromatic heterocycles. The largest absolute Gasteiger partial charge is 0.375 e. The molecule has 1 atom stereocenters. The van der Waals surface area contributed by atoms with Gasteiger partial charge >= 0.3 is 0 Å². The van der Waals surface area contributed by atoms with Gasteiger partial charge in [-0.3, -0.25) is 19.7 Å². The maximum Gasteiger partial charge on any atom is 0.255 e.